The zero-order valence-corrected chi connectivity index (χ0v) is 20.0. The Hall–Kier alpha value is -2.84. The first kappa shape index (κ1) is 23.3. The van der Waals surface area contributed by atoms with Crippen LogP contribution in [0.3, 0.4) is 0 Å². The third kappa shape index (κ3) is 5.94. The first-order chi connectivity index (χ1) is 16.0. The summed E-state index contributed by atoms with van der Waals surface area (Å²) in [5.41, 5.74) is 4.85. The summed E-state index contributed by atoms with van der Waals surface area (Å²) in [6.45, 7) is 1.76. The van der Waals surface area contributed by atoms with Crippen molar-refractivity contribution in [1.82, 2.24) is 15.6 Å². The first-order valence-electron chi connectivity index (χ1n) is 11.0. The average molecular weight is 484 g/mol. The van der Waals surface area contributed by atoms with Crippen molar-refractivity contribution in [3.8, 4) is 17.1 Å². The first-order valence-corrected chi connectivity index (χ1v) is 12.4. The van der Waals surface area contributed by atoms with Gasteiger partial charge in [-0.25, -0.2) is 9.99 Å². The topological polar surface area (TPSA) is 97.1 Å². The van der Waals surface area contributed by atoms with Crippen LogP contribution in [0.25, 0.3) is 11.4 Å². The van der Waals surface area contributed by atoms with Crippen molar-refractivity contribution in [2.24, 2.45) is 5.10 Å². The molecule has 3 aromatic rings. The molecular weight excluding hydrogens is 458 g/mol. The molecule has 1 heterocycles. The number of thioether (sulfide) groups is 1. The molecule has 33 heavy (non-hydrogen) atoms. The molecule has 9 heteroatoms. The molecule has 0 unspecified atom stereocenters. The quantitative estimate of drug-likeness (QED) is 0.227. The lowest BCUT2D eigenvalue weighted by Gasteiger charge is -2.21. The molecule has 0 atom stereocenters. The molecule has 2 N–H and O–H groups in total. The number of halogens is 1. The highest BCUT2D eigenvalue weighted by atomic mass is 35.5. The minimum absolute atomic E-state index is 0.0915. The molecule has 1 aliphatic rings. The summed E-state index contributed by atoms with van der Waals surface area (Å²) in [5.74, 6) is 0.777. The van der Waals surface area contributed by atoms with Crippen LogP contribution in [0.2, 0.25) is 5.02 Å². The molecule has 2 aromatic carbocycles. The second-order valence-electron chi connectivity index (χ2n) is 8.07. The van der Waals surface area contributed by atoms with Gasteiger partial charge in [0, 0.05) is 5.02 Å². The van der Waals surface area contributed by atoms with Gasteiger partial charge in [0.05, 0.1) is 28.2 Å². The predicted octanol–water partition coefficient (Wildman–Crippen LogP) is 4.23. The average Bonchev–Trinajstić information content (AvgIpc) is 3.26. The number of H-pyrrole nitrogens is 1. The van der Waals surface area contributed by atoms with Crippen LogP contribution >= 0.6 is 23.4 Å². The van der Waals surface area contributed by atoms with Crippen molar-refractivity contribution in [2.75, 3.05) is 5.75 Å². The Morgan fingerprint density at radius 3 is 2.73 bits per heavy atom. The number of aromatic nitrogens is 3. The van der Waals surface area contributed by atoms with Crippen LogP contribution in [-0.2, 0) is 4.79 Å². The molecule has 7 nitrogen and oxygen atoms in total. The number of amides is 1. The molecule has 172 valence electrons. The molecule has 0 spiro atoms. The van der Waals surface area contributed by atoms with E-state index in [4.69, 9.17) is 11.6 Å². The van der Waals surface area contributed by atoms with Gasteiger partial charge in [-0.1, -0.05) is 42.3 Å². The van der Waals surface area contributed by atoms with Crippen molar-refractivity contribution in [1.29, 1.82) is 0 Å². The van der Waals surface area contributed by atoms with E-state index in [1.165, 1.54) is 43.2 Å². The lowest BCUT2D eigenvalue weighted by atomic mass is 9.95. The molecule has 1 aliphatic carbocycles. The number of hydrogen-bond donors (Lipinski definition) is 2. The van der Waals surface area contributed by atoms with Crippen LogP contribution in [0.1, 0.15) is 50.6 Å². The highest BCUT2D eigenvalue weighted by molar-refractivity contribution is 7.99. The maximum absolute atomic E-state index is 12.5. The number of carbonyl (C=O) groups is 1. The van der Waals surface area contributed by atoms with Crippen molar-refractivity contribution < 1.29 is 14.5 Å². The largest absolute Gasteiger partial charge is 0.872 e. The molecular formula is C24H26ClN5O2S. The smallest absolute Gasteiger partial charge is 0.337 e. The van der Waals surface area contributed by atoms with E-state index >= 15 is 0 Å². The highest BCUT2D eigenvalue weighted by Gasteiger charge is 2.30. The van der Waals surface area contributed by atoms with Crippen molar-refractivity contribution in [2.45, 2.75) is 50.2 Å². The van der Waals surface area contributed by atoms with Crippen LogP contribution in [0.5, 0.6) is 5.75 Å². The monoisotopic (exact) mass is 483 g/mol. The van der Waals surface area contributed by atoms with E-state index < -0.39 is 0 Å². The fourth-order valence-corrected chi connectivity index (χ4v) is 4.93. The summed E-state index contributed by atoms with van der Waals surface area (Å²) < 4.78 is 2.23. The molecule has 0 bridgehead atoms. The number of benzene rings is 2. The summed E-state index contributed by atoms with van der Waals surface area (Å²) in [6, 6.07) is 14.5. The van der Waals surface area contributed by atoms with Crippen molar-refractivity contribution >= 4 is 35.0 Å². The second-order valence-corrected chi connectivity index (χ2v) is 9.45. The summed E-state index contributed by atoms with van der Waals surface area (Å²) in [7, 11) is 0. The van der Waals surface area contributed by atoms with Gasteiger partial charge in [-0.3, -0.25) is 4.79 Å². The number of carbonyl (C=O) groups excluding carboxylic acids is 1. The maximum atomic E-state index is 12.5. The molecule has 0 aliphatic heterocycles. The second kappa shape index (κ2) is 10.9. The lowest BCUT2D eigenvalue weighted by molar-refractivity contribution is -0.749. The van der Waals surface area contributed by atoms with Crippen LogP contribution in [0.15, 0.2) is 58.8 Å². The number of hydrazone groups is 1. The van der Waals surface area contributed by atoms with Gasteiger partial charge < -0.3 is 5.11 Å². The minimum atomic E-state index is -0.233. The van der Waals surface area contributed by atoms with Gasteiger partial charge in [-0.05, 0) is 74.2 Å². The van der Waals surface area contributed by atoms with E-state index in [2.05, 4.69) is 25.3 Å². The number of nitrogens with one attached hydrogen (secondary N) is 2. The molecule has 1 amide bonds. The fourth-order valence-electron chi connectivity index (χ4n) is 3.99. The predicted molar refractivity (Wildman–Crippen MR) is 128 cm³/mol. The van der Waals surface area contributed by atoms with Crippen LogP contribution in [0.4, 0.5) is 0 Å². The van der Waals surface area contributed by atoms with Gasteiger partial charge in [0.2, 0.25) is 0 Å². The lowest BCUT2D eigenvalue weighted by Crippen LogP contribution is -2.43. The summed E-state index contributed by atoms with van der Waals surface area (Å²) in [6.07, 6.45) is 5.81. The van der Waals surface area contributed by atoms with Gasteiger partial charge in [0.1, 0.15) is 0 Å². The summed E-state index contributed by atoms with van der Waals surface area (Å²) in [4.78, 5) is 12.5. The van der Waals surface area contributed by atoms with E-state index in [9.17, 15) is 9.90 Å². The Morgan fingerprint density at radius 2 is 2.00 bits per heavy atom. The Morgan fingerprint density at radius 1 is 1.24 bits per heavy atom. The molecule has 1 aromatic heterocycles. The van der Waals surface area contributed by atoms with Gasteiger partial charge in [-0.15, -0.1) is 10.8 Å². The van der Waals surface area contributed by atoms with Gasteiger partial charge in [-0.2, -0.15) is 5.10 Å². The zero-order chi connectivity index (χ0) is 23.2. The molecule has 1 saturated carbocycles. The van der Waals surface area contributed by atoms with Gasteiger partial charge >= 0.3 is 5.16 Å². The van der Waals surface area contributed by atoms with E-state index in [1.807, 2.05) is 24.3 Å². The fraction of sp³-hybridized carbons (Fsp3) is 0.333. The highest BCUT2D eigenvalue weighted by Crippen LogP contribution is 2.29. The summed E-state index contributed by atoms with van der Waals surface area (Å²) in [5, 5.41) is 24.8. The van der Waals surface area contributed by atoms with Crippen molar-refractivity contribution in [3.05, 3.63) is 59.1 Å². The molecule has 0 saturated heterocycles. The van der Waals surface area contributed by atoms with E-state index in [0.717, 1.165) is 29.4 Å². The maximum Gasteiger partial charge on any atom is 0.337 e. The van der Waals surface area contributed by atoms with Crippen LogP contribution < -0.4 is 15.1 Å². The van der Waals surface area contributed by atoms with Crippen LogP contribution in [-0.4, -0.2) is 27.6 Å². The molecule has 4 rings (SSSR count). The Balaban J connectivity index is 1.47. The van der Waals surface area contributed by atoms with Gasteiger partial charge in [0.25, 0.3) is 11.7 Å². The van der Waals surface area contributed by atoms with Crippen molar-refractivity contribution in [3.63, 3.8) is 0 Å². The van der Waals surface area contributed by atoms with Crippen LogP contribution in [0, 0.1) is 0 Å². The van der Waals surface area contributed by atoms with E-state index in [-0.39, 0.29) is 17.4 Å². The standard InChI is InChI=1S/C24H26ClN5O2S/c1-16(18-6-5-9-21(31)14-18)26-27-22(32)15-33-24-29-28-23(17-10-12-19(25)13-11-17)30(24)20-7-3-2-4-8-20/h5-6,9-14,20H,2-4,7-8,15H2,1H3,(H2,27,31,32). The van der Waals surface area contributed by atoms with E-state index in [1.54, 1.807) is 19.1 Å². The molecule has 1 fully saturated rings. The number of hydrogen-bond acceptors (Lipinski definition) is 5. The third-order valence-corrected chi connectivity index (χ3v) is 6.90. The Labute approximate surface area is 202 Å². The zero-order valence-electron chi connectivity index (χ0n) is 18.4. The number of nitrogens with zero attached hydrogens (tertiary/aromatic N) is 3. The summed E-state index contributed by atoms with van der Waals surface area (Å²) >= 11 is 7.45. The molecule has 0 radical (unpaired) electrons. The van der Waals surface area contributed by atoms with Gasteiger partial charge in [0.15, 0.2) is 0 Å². The van der Waals surface area contributed by atoms with E-state index in [0.29, 0.717) is 22.3 Å². The Bertz CT molecular complexity index is 1140. The number of rotatable bonds is 7. The normalized spacial score (nSPS) is 14.9. The number of aromatic amines is 1. The SMILES string of the molecule is CC(=NNC(=O)CSc1n[nH]c(-c2ccc(Cl)cc2)[n+]1C1CCCCC1)c1cccc([O-])c1. The minimum Gasteiger partial charge on any atom is -0.872 e. The third-order valence-electron chi connectivity index (χ3n) is 5.69. The Kier molecular flexibility index (Phi) is 7.67.